The third kappa shape index (κ3) is 2.62. The summed E-state index contributed by atoms with van der Waals surface area (Å²) in [6.45, 7) is 2.15. The van der Waals surface area contributed by atoms with Crippen LogP contribution in [0.25, 0.3) is 11.3 Å². The topological polar surface area (TPSA) is 37.8 Å². The quantitative estimate of drug-likeness (QED) is 0.910. The summed E-state index contributed by atoms with van der Waals surface area (Å²) in [5.74, 6) is 0.891. The minimum absolute atomic E-state index is 0.722. The first-order valence-electron chi connectivity index (χ1n) is 6.03. The van der Waals surface area contributed by atoms with Crippen LogP contribution in [0.15, 0.2) is 30.6 Å². The lowest BCUT2D eigenvalue weighted by Crippen LogP contribution is -2.03. The molecule has 0 aliphatic rings. The Morgan fingerprint density at radius 2 is 2.11 bits per heavy atom. The first-order valence-corrected chi connectivity index (χ1v) is 6.41. The minimum Gasteiger partial charge on any atom is -0.373 e. The van der Waals surface area contributed by atoms with Crippen LogP contribution in [0.2, 0.25) is 5.02 Å². The number of nitrogens with one attached hydrogen (secondary N) is 1. The first-order chi connectivity index (χ1) is 8.76. The van der Waals surface area contributed by atoms with Gasteiger partial charge in [-0.2, -0.15) is 0 Å². The van der Waals surface area contributed by atoms with Crippen molar-refractivity contribution in [3.63, 3.8) is 0 Å². The lowest BCUT2D eigenvalue weighted by molar-refractivity contribution is 0.906. The van der Waals surface area contributed by atoms with Crippen molar-refractivity contribution in [3.05, 3.63) is 41.2 Å². The molecular formula is C14H16ClN3. The number of nitrogens with zero attached hydrogens (tertiary/aromatic N) is 2. The summed E-state index contributed by atoms with van der Waals surface area (Å²) in [6, 6.07) is 7.76. The van der Waals surface area contributed by atoms with Gasteiger partial charge >= 0.3 is 0 Å². The Balaban J connectivity index is 2.55. The number of rotatable bonds is 4. The zero-order valence-electron chi connectivity index (χ0n) is 10.6. The highest BCUT2D eigenvalue weighted by Gasteiger charge is 2.11. The molecule has 0 fully saturated rings. The van der Waals surface area contributed by atoms with Crippen LogP contribution < -0.4 is 5.32 Å². The molecule has 0 radical (unpaired) electrons. The van der Waals surface area contributed by atoms with Crippen LogP contribution >= 0.6 is 11.6 Å². The van der Waals surface area contributed by atoms with Gasteiger partial charge in [-0.1, -0.05) is 37.1 Å². The van der Waals surface area contributed by atoms with E-state index in [0.29, 0.717) is 0 Å². The lowest BCUT2D eigenvalue weighted by atomic mass is 10.0. The van der Waals surface area contributed by atoms with Crippen LogP contribution in [0, 0.1) is 0 Å². The van der Waals surface area contributed by atoms with Gasteiger partial charge in [-0.25, -0.2) is 9.97 Å². The second kappa shape index (κ2) is 5.83. The summed E-state index contributed by atoms with van der Waals surface area (Å²) in [5.41, 5.74) is 3.13. The molecular weight excluding hydrogens is 246 g/mol. The maximum absolute atomic E-state index is 6.04. The van der Waals surface area contributed by atoms with Gasteiger partial charge in [-0.3, -0.25) is 0 Å². The van der Waals surface area contributed by atoms with Crippen LogP contribution in [-0.4, -0.2) is 17.0 Å². The fraction of sp³-hybridized carbons (Fsp3) is 0.286. The van der Waals surface area contributed by atoms with E-state index in [1.54, 1.807) is 6.33 Å². The van der Waals surface area contributed by atoms with Crippen molar-refractivity contribution in [2.75, 3.05) is 12.4 Å². The Hall–Kier alpha value is -1.61. The fourth-order valence-corrected chi connectivity index (χ4v) is 2.19. The van der Waals surface area contributed by atoms with Crippen LogP contribution in [0.3, 0.4) is 0 Å². The van der Waals surface area contributed by atoms with Crippen LogP contribution in [0.4, 0.5) is 5.82 Å². The van der Waals surface area contributed by atoms with E-state index in [9.17, 15) is 0 Å². The monoisotopic (exact) mass is 261 g/mol. The third-order valence-corrected chi connectivity index (χ3v) is 3.02. The van der Waals surface area contributed by atoms with E-state index >= 15 is 0 Å². The summed E-state index contributed by atoms with van der Waals surface area (Å²) in [6.07, 6.45) is 3.58. The Labute approximate surface area is 112 Å². The summed E-state index contributed by atoms with van der Waals surface area (Å²) >= 11 is 6.04. The van der Waals surface area contributed by atoms with E-state index in [-0.39, 0.29) is 0 Å². The SMILES string of the molecule is CCCc1c(NC)ncnc1-c1cccc(Cl)c1. The van der Waals surface area contributed by atoms with Crippen molar-refractivity contribution < 1.29 is 0 Å². The second-order valence-corrected chi connectivity index (χ2v) is 4.50. The Morgan fingerprint density at radius 3 is 2.78 bits per heavy atom. The average molecular weight is 262 g/mol. The molecule has 0 amide bonds. The molecule has 0 saturated carbocycles. The maximum atomic E-state index is 6.04. The number of hydrogen-bond acceptors (Lipinski definition) is 3. The highest BCUT2D eigenvalue weighted by Crippen LogP contribution is 2.28. The van der Waals surface area contributed by atoms with Crippen molar-refractivity contribution in [1.29, 1.82) is 0 Å². The number of anilines is 1. The Bertz CT molecular complexity index is 540. The fourth-order valence-electron chi connectivity index (χ4n) is 2.00. The highest BCUT2D eigenvalue weighted by atomic mass is 35.5. The summed E-state index contributed by atoms with van der Waals surface area (Å²) in [4.78, 5) is 8.68. The molecule has 4 heteroatoms. The zero-order chi connectivity index (χ0) is 13.0. The Kier molecular flexibility index (Phi) is 4.15. The zero-order valence-corrected chi connectivity index (χ0v) is 11.3. The van der Waals surface area contributed by atoms with Crippen LogP contribution in [0.5, 0.6) is 0 Å². The second-order valence-electron chi connectivity index (χ2n) is 4.06. The molecule has 2 rings (SSSR count). The molecule has 94 valence electrons. The Morgan fingerprint density at radius 1 is 1.28 bits per heavy atom. The van der Waals surface area contributed by atoms with Gasteiger partial charge in [0.2, 0.25) is 0 Å². The maximum Gasteiger partial charge on any atom is 0.132 e. The summed E-state index contributed by atoms with van der Waals surface area (Å²) in [7, 11) is 1.88. The van der Waals surface area contributed by atoms with Gasteiger partial charge in [0.25, 0.3) is 0 Å². The molecule has 1 heterocycles. The van der Waals surface area contributed by atoms with Gasteiger partial charge in [-0.15, -0.1) is 0 Å². The number of halogens is 1. The number of aromatic nitrogens is 2. The molecule has 0 bridgehead atoms. The molecule has 0 aliphatic carbocycles. The van der Waals surface area contributed by atoms with E-state index in [1.165, 1.54) is 0 Å². The molecule has 0 unspecified atom stereocenters. The number of hydrogen-bond donors (Lipinski definition) is 1. The van der Waals surface area contributed by atoms with Gasteiger partial charge < -0.3 is 5.32 Å². The molecule has 18 heavy (non-hydrogen) atoms. The van der Waals surface area contributed by atoms with Gasteiger partial charge in [0.15, 0.2) is 0 Å². The van der Waals surface area contributed by atoms with E-state index < -0.39 is 0 Å². The highest BCUT2D eigenvalue weighted by molar-refractivity contribution is 6.30. The molecule has 1 aromatic carbocycles. The first kappa shape index (κ1) is 12.8. The molecule has 0 saturated heterocycles. The van der Waals surface area contributed by atoms with E-state index in [2.05, 4.69) is 22.2 Å². The van der Waals surface area contributed by atoms with E-state index in [4.69, 9.17) is 11.6 Å². The van der Waals surface area contributed by atoms with Crippen LogP contribution in [-0.2, 0) is 6.42 Å². The minimum atomic E-state index is 0.722. The van der Waals surface area contributed by atoms with Crippen LogP contribution in [0.1, 0.15) is 18.9 Å². The van der Waals surface area contributed by atoms with Gasteiger partial charge in [0, 0.05) is 23.2 Å². The van der Waals surface area contributed by atoms with Crippen molar-refractivity contribution in [2.45, 2.75) is 19.8 Å². The predicted octanol–water partition coefficient (Wildman–Crippen LogP) is 3.79. The van der Waals surface area contributed by atoms with Crippen molar-refractivity contribution in [3.8, 4) is 11.3 Å². The van der Waals surface area contributed by atoms with Gasteiger partial charge in [-0.05, 0) is 18.6 Å². The largest absolute Gasteiger partial charge is 0.373 e. The molecule has 0 atom stereocenters. The molecule has 1 aromatic heterocycles. The third-order valence-electron chi connectivity index (χ3n) is 2.78. The van der Waals surface area contributed by atoms with Gasteiger partial charge in [0.1, 0.15) is 12.1 Å². The molecule has 0 aliphatic heterocycles. The van der Waals surface area contributed by atoms with Crippen molar-refractivity contribution >= 4 is 17.4 Å². The smallest absolute Gasteiger partial charge is 0.132 e. The molecule has 1 N–H and O–H groups in total. The average Bonchev–Trinajstić information content (AvgIpc) is 2.39. The normalized spacial score (nSPS) is 10.4. The lowest BCUT2D eigenvalue weighted by Gasteiger charge is -2.12. The van der Waals surface area contributed by atoms with E-state index in [0.717, 1.165) is 40.5 Å². The molecule has 2 aromatic rings. The predicted molar refractivity (Wildman–Crippen MR) is 76.0 cm³/mol. The van der Waals surface area contributed by atoms with Gasteiger partial charge in [0.05, 0.1) is 5.69 Å². The standard InChI is InChI=1S/C14H16ClN3/c1-3-5-12-13(17-9-18-14(12)16-2)10-6-4-7-11(15)8-10/h4,6-9H,3,5H2,1-2H3,(H,16,17,18). The van der Waals surface area contributed by atoms with Crippen molar-refractivity contribution in [2.24, 2.45) is 0 Å². The summed E-state index contributed by atoms with van der Waals surface area (Å²) in [5, 5.41) is 3.84. The number of benzene rings is 1. The van der Waals surface area contributed by atoms with Crippen molar-refractivity contribution in [1.82, 2.24) is 9.97 Å². The van der Waals surface area contributed by atoms with E-state index in [1.807, 2.05) is 31.3 Å². The summed E-state index contributed by atoms with van der Waals surface area (Å²) < 4.78 is 0. The molecule has 0 spiro atoms. The molecule has 3 nitrogen and oxygen atoms in total.